The Balaban J connectivity index is 2.09. The zero-order chi connectivity index (χ0) is 19.3. The Labute approximate surface area is 152 Å². The normalized spacial score (nSPS) is 10.8. The van der Waals surface area contributed by atoms with Crippen LogP contribution in [0, 0.1) is 5.41 Å². The number of anilines is 2. The van der Waals surface area contributed by atoms with Crippen LogP contribution in [0.4, 0.5) is 11.4 Å². The minimum absolute atomic E-state index is 0.131. The molecular weight excluding hydrogens is 332 g/mol. The van der Waals surface area contributed by atoms with Crippen LogP contribution in [0.25, 0.3) is 0 Å². The third-order valence-electron chi connectivity index (χ3n) is 3.63. The van der Waals surface area contributed by atoms with Gasteiger partial charge in [0.15, 0.2) is 0 Å². The minimum atomic E-state index is -0.528. The average Bonchev–Trinajstić information content (AvgIpc) is 2.61. The van der Waals surface area contributed by atoms with Crippen molar-refractivity contribution in [3.8, 4) is 0 Å². The van der Waals surface area contributed by atoms with Crippen molar-refractivity contribution in [3.63, 3.8) is 0 Å². The highest BCUT2D eigenvalue weighted by atomic mass is 16.5. The Bertz CT molecular complexity index is 820. The van der Waals surface area contributed by atoms with Gasteiger partial charge in [0, 0.05) is 22.4 Å². The van der Waals surface area contributed by atoms with Crippen molar-refractivity contribution in [1.29, 1.82) is 0 Å². The molecule has 2 aromatic carbocycles. The highest BCUT2D eigenvalue weighted by molar-refractivity contribution is 6.05. The van der Waals surface area contributed by atoms with E-state index in [-0.39, 0.29) is 11.8 Å². The molecule has 0 spiro atoms. The summed E-state index contributed by atoms with van der Waals surface area (Å²) < 4.78 is 4.63. The maximum atomic E-state index is 12.4. The first kappa shape index (κ1) is 19.2. The summed E-state index contributed by atoms with van der Waals surface area (Å²) in [4.78, 5) is 35.9. The van der Waals surface area contributed by atoms with Crippen molar-refractivity contribution in [2.24, 2.45) is 5.41 Å². The average molecular weight is 354 g/mol. The first-order chi connectivity index (χ1) is 12.2. The van der Waals surface area contributed by atoms with Crippen LogP contribution in [0.1, 0.15) is 41.5 Å². The number of esters is 1. The molecule has 0 unspecified atom stereocenters. The van der Waals surface area contributed by atoms with E-state index in [1.54, 1.807) is 48.5 Å². The van der Waals surface area contributed by atoms with Gasteiger partial charge in [-0.2, -0.15) is 0 Å². The highest BCUT2D eigenvalue weighted by Gasteiger charge is 2.21. The third kappa shape index (κ3) is 4.92. The number of methoxy groups -OCH3 is 1. The van der Waals surface area contributed by atoms with Crippen LogP contribution in [0.5, 0.6) is 0 Å². The number of nitrogens with one attached hydrogen (secondary N) is 2. The Kier molecular flexibility index (Phi) is 5.77. The van der Waals surface area contributed by atoms with Gasteiger partial charge in [0.25, 0.3) is 5.91 Å². The number of rotatable bonds is 4. The maximum absolute atomic E-state index is 12.4. The molecule has 6 nitrogen and oxygen atoms in total. The van der Waals surface area contributed by atoms with Gasteiger partial charge in [-0.1, -0.05) is 26.8 Å². The molecule has 0 saturated carbocycles. The molecule has 0 radical (unpaired) electrons. The fourth-order valence-corrected chi connectivity index (χ4v) is 2.07. The zero-order valence-corrected chi connectivity index (χ0v) is 15.3. The molecule has 0 aliphatic rings. The second-order valence-electron chi connectivity index (χ2n) is 6.81. The van der Waals surface area contributed by atoms with E-state index in [4.69, 9.17) is 0 Å². The van der Waals surface area contributed by atoms with Crippen LogP contribution < -0.4 is 10.6 Å². The summed E-state index contributed by atoms with van der Waals surface area (Å²) in [7, 11) is 1.31. The lowest BCUT2D eigenvalue weighted by Gasteiger charge is -2.18. The van der Waals surface area contributed by atoms with Gasteiger partial charge in [0.2, 0.25) is 5.91 Å². The number of benzene rings is 2. The van der Waals surface area contributed by atoms with E-state index in [2.05, 4.69) is 15.4 Å². The zero-order valence-electron chi connectivity index (χ0n) is 15.3. The Morgan fingerprint density at radius 1 is 0.846 bits per heavy atom. The fourth-order valence-electron chi connectivity index (χ4n) is 2.07. The molecule has 2 aromatic rings. The molecule has 6 heteroatoms. The van der Waals surface area contributed by atoms with Gasteiger partial charge in [-0.15, -0.1) is 0 Å². The largest absolute Gasteiger partial charge is 0.465 e. The van der Waals surface area contributed by atoms with E-state index in [1.807, 2.05) is 20.8 Å². The van der Waals surface area contributed by atoms with E-state index in [0.717, 1.165) is 0 Å². The van der Waals surface area contributed by atoms with Gasteiger partial charge < -0.3 is 15.4 Å². The van der Waals surface area contributed by atoms with Crippen LogP contribution in [-0.4, -0.2) is 24.9 Å². The van der Waals surface area contributed by atoms with Gasteiger partial charge in [0.05, 0.1) is 12.7 Å². The smallest absolute Gasteiger partial charge is 0.337 e. The molecule has 0 aliphatic heterocycles. The Morgan fingerprint density at radius 2 is 1.50 bits per heavy atom. The van der Waals surface area contributed by atoms with E-state index >= 15 is 0 Å². The van der Waals surface area contributed by atoms with Crippen LogP contribution in [0.3, 0.4) is 0 Å². The van der Waals surface area contributed by atoms with Crippen molar-refractivity contribution in [2.45, 2.75) is 20.8 Å². The van der Waals surface area contributed by atoms with E-state index < -0.39 is 11.4 Å². The molecule has 0 bridgehead atoms. The second-order valence-corrected chi connectivity index (χ2v) is 6.81. The summed E-state index contributed by atoms with van der Waals surface area (Å²) >= 11 is 0. The molecule has 0 heterocycles. The summed E-state index contributed by atoms with van der Waals surface area (Å²) in [6.45, 7) is 5.45. The predicted molar refractivity (Wildman–Crippen MR) is 100 cm³/mol. The molecule has 26 heavy (non-hydrogen) atoms. The van der Waals surface area contributed by atoms with Crippen molar-refractivity contribution >= 4 is 29.2 Å². The van der Waals surface area contributed by atoms with Gasteiger partial charge in [0.1, 0.15) is 0 Å². The first-order valence-corrected chi connectivity index (χ1v) is 8.12. The van der Waals surface area contributed by atoms with Crippen LogP contribution in [-0.2, 0) is 9.53 Å². The summed E-state index contributed by atoms with van der Waals surface area (Å²) in [6, 6.07) is 13.1. The predicted octanol–water partition coefficient (Wildman–Crippen LogP) is 3.71. The highest BCUT2D eigenvalue weighted by Crippen LogP contribution is 2.19. The number of ether oxygens (including phenoxy) is 1. The molecule has 2 N–H and O–H groups in total. The molecular formula is C20H22N2O4. The van der Waals surface area contributed by atoms with Crippen molar-refractivity contribution < 1.29 is 19.1 Å². The molecule has 0 aliphatic carbocycles. The van der Waals surface area contributed by atoms with Gasteiger partial charge in [-0.05, 0) is 42.5 Å². The van der Waals surface area contributed by atoms with E-state index in [9.17, 15) is 14.4 Å². The number of carbonyl (C=O) groups excluding carboxylic acids is 3. The third-order valence-corrected chi connectivity index (χ3v) is 3.63. The van der Waals surface area contributed by atoms with Crippen molar-refractivity contribution in [1.82, 2.24) is 0 Å². The SMILES string of the molecule is COC(=O)c1ccc(NC(=O)c2cccc(NC(=O)C(C)(C)C)c2)cc1. The lowest BCUT2D eigenvalue weighted by Crippen LogP contribution is -2.27. The molecule has 136 valence electrons. The number of carbonyl (C=O) groups is 3. The topological polar surface area (TPSA) is 84.5 Å². The molecule has 0 fully saturated rings. The lowest BCUT2D eigenvalue weighted by atomic mass is 9.95. The van der Waals surface area contributed by atoms with Gasteiger partial charge in [-0.3, -0.25) is 9.59 Å². The van der Waals surface area contributed by atoms with Gasteiger partial charge in [-0.25, -0.2) is 4.79 Å². The summed E-state index contributed by atoms with van der Waals surface area (Å²) in [5, 5.41) is 5.55. The van der Waals surface area contributed by atoms with Crippen molar-refractivity contribution in [3.05, 3.63) is 59.7 Å². The second kappa shape index (κ2) is 7.82. The standard InChI is InChI=1S/C20H22N2O4/c1-20(2,3)19(25)22-16-7-5-6-14(12-16)17(23)21-15-10-8-13(9-11-15)18(24)26-4/h5-12H,1-4H3,(H,21,23)(H,22,25). The first-order valence-electron chi connectivity index (χ1n) is 8.12. The van der Waals surface area contributed by atoms with Crippen LogP contribution >= 0.6 is 0 Å². The molecule has 2 amide bonds. The van der Waals surface area contributed by atoms with Gasteiger partial charge >= 0.3 is 5.97 Å². The van der Waals surface area contributed by atoms with E-state index in [1.165, 1.54) is 7.11 Å². The number of hydrogen-bond donors (Lipinski definition) is 2. The summed E-state index contributed by atoms with van der Waals surface area (Å²) in [5.74, 6) is -0.888. The molecule has 2 rings (SSSR count). The lowest BCUT2D eigenvalue weighted by molar-refractivity contribution is -0.123. The van der Waals surface area contributed by atoms with Crippen molar-refractivity contribution in [2.75, 3.05) is 17.7 Å². The summed E-state index contributed by atoms with van der Waals surface area (Å²) in [6.07, 6.45) is 0. The molecule has 0 saturated heterocycles. The fraction of sp³-hybridized carbons (Fsp3) is 0.250. The summed E-state index contributed by atoms with van der Waals surface area (Å²) in [5.41, 5.74) is 1.39. The number of amides is 2. The quantitative estimate of drug-likeness (QED) is 0.820. The molecule has 0 aromatic heterocycles. The van der Waals surface area contributed by atoms with E-state index in [0.29, 0.717) is 22.5 Å². The molecule has 0 atom stereocenters. The number of hydrogen-bond acceptors (Lipinski definition) is 4. The Hall–Kier alpha value is -3.15. The maximum Gasteiger partial charge on any atom is 0.337 e. The monoisotopic (exact) mass is 354 g/mol. The van der Waals surface area contributed by atoms with Crippen LogP contribution in [0.15, 0.2) is 48.5 Å². The minimum Gasteiger partial charge on any atom is -0.465 e. The Morgan fingerprint density at radius 3 is 2.08 bits per heavy atom. The van der Waals surface area contributed by atoms with Crippen LogP contribution in [0.2, 0.25) is 0 Å².